The summed E-state index contributed by atoms with van der Waals surface area (Å²) >= 11 is 11.9. The lowest BCUT2D eigenvalue weighted by molar-refractivity contribution is 0.484. The lowest BCUT2D eigenvalue weighted by Crippen LogP contribution is -1.94. The van der Waals surface area contributed by atoms with Crippen molar-refractivity contribution in [2.45, 2.75) is 0 Å². The summed E-state index contributed by atoms with van der Waals surface area (Å²) in [5.41, 5.74) is 0.781. The number of pyridine rings is 1. The summed E-state index contributed by atoms with van der Waals surface area (Å²) < 4.78 is 5.69. The van der Waals surface area contributed by atoms with E-state index in [0.717, 1.165) is 5.69 Å². The molecule has 0 bridgehead atoms. The summed E-state index contributed by atoms with van der Waals surface area (Å²) in [5.74, 6) is 1.16. The smallest absolute Gasteiger partial charge is 0.153 e. The minimum atomic E-state index is 0. The molecule has 0 fully saturated rings. The van der Waals surface area contributed by atoms with Crippen LogP contribution in [0.25, 0.3) is 0 Å². The molecular weight excluding hydrogens is 295 g/mol. The number of aromatic nitrogens is 1. The molecule has 0 aliphatic rings. The standard InChI is InChI=1S/C12H10Cl2N2O.ClH/c1-15-10-7-16-5-4-11(10)17-12-6-8(13)2-3-9(12)14;/h2-7,15H,1H3;1H. The molecule has 96 valence electrons. The Hall–Kier alpha value is -1.16. The molecule has 1 aromatic heterocycles. The molecule has 0 aliphatic heterocycles. The van der Waals surface area contributed by atoms with E-state index in [1.807, 2.05) is 0 Å². The maximum Gasteiger partial charge on any atom is 0.153 e. The lowest BCUT2D eigenvalue weighted by atomic mass is 10.3. The van der Waals surface area contributed by atoms with Crippen LogP contribution in [0.4, 0.5) is 5.69 Å². The van der Waals surface area contributed by atoms with Crippen LogP contribution in [0, 0.1) is 0 Å². The molecule has 0 unspecified atom stereocenters. The molecule has 3 nitrogen and oxygen atoms in total. The van der Waals surface area contributed by atoms with E-state index in [-0.39, 0.29) is 12.4 Å². The molecule has 1 N–H and O–H groups in total. The van der Waals surface area contributed by atoms with Gasteiger partial charge in [0, 0.05) is 30.4 Å². The minimum Gasteiger partial charge on any atom is -0.453 e. The number of halogens is 3. The molecule has 0 saturated carbocycles. The quantitative estimate of drug-likeness (QED) is 0.896. The Morgan fingerprint density at radius 3 is 2.67 bits per heavy atom. The van der Waals surface area contributed by atoms with E-state index in [1.54, 1.807) is 43.7 Å². The van der Waals surface area contributed by atoms with E-state index in [4.69, 9.17) is 27.9 Å². The van der Waals surface area contributed by atoms with Gasteiger partial charge in [0.05, 0.1) is 16.9 Å². The second-order valence-corrected chi connectivity index (χ2v) is 4.14. The molecule has 2 aromatic rings. The van der Waals surface area contributed by atoms with Gasteiger partial charge in [-0.3, -0.25) is 4.98 Å². The third kappa shape index (κ3) is 3.42. The summed E-state index contributed by atoms with van der Waals surface area (Å²) in [5, 5.41) is 4.07. The molecule has 1 heterocycles. The summed E-state index contributed by atoms with van der Waals surface area (Å²) in [4.78, 5) is 4.00. The van der Waals surface area contributed by atoms with Gasteiger partial charge in [-0.15, -0.1) is 12.4 Å². The van der Waals surface area contributed by atoms with Gasteiger partial charge in [0.25, 0.3) is 0 Å². The largest absolute Gasteiger partial charge is 0.453 e. The Bertz CT molecular complexity index is 534. The fourth-order valence-electron chi connectivity index (χ4n) is 1.33. The molecule has 2 rings (SSSR count). The van der Waals surface area contributed by atoms with Gasteiger partial charge in [-0.25, -0.2) is 0 Å². The van der Waals surface area contributed by atoms with Gasteiger partial charge in [0.15, 0.2) is 5.75 Å². The highest BCUT2D eigenvalue weighted by atomic mass is 35.5. The number of nitrogens with one attached hydrogen (secondary N) is 1. The Kier molecular flexibility index (Phi) is 5.54. The lowest BCUT2D eigenvalue weighted by Gasteiger charge is -2.11. The molecule has 6 heteroatoms. The van der Waals surface area contributed by atoms with Gasteiger partial charge < -0.3 is 10.1 Å². The van der Waals surface area contributed by atoms with E-state index >= 15 is 0 Å². The first-order valence-electron chi connectivity index (χ1n) is 4.95. The van der Waals surface area contributed by atoms with Crippen LogP contribution in [0.3, 0.4) is 0 Å². The van der Waals surface area contributed by atoms with Crippen molar-refractivity contribution >= 4 is 41.3 Å². The first-order valence-corrected chi connectivity index (χ1v) is 5.71. The van der Waals surface area contributed by atoms with Crippen LogP contribution in [-0.4, -0.2) is 12.0 Å². The highest BCUT2D eigenvalue weighted by Crippen LogP contribution is 2.34. The van der Waals surface area contributed by atoms with Gasteiger partial charge in [-0.2, -0.15) is 0 Å². The number of anilines is 1. The van der Waals surface area contributed by atoms with Crippen molar-refractivity contribution in [3.05, 3.63) is 46.7 Å². The first-order chi connectivity index (χ1) is 8.20. The first kappa shape index (κ1) is 14.9. The molecule has 0 amide bonds. The minimum absolute atomic E-state index is 0. The van der Waals surface area contributed by atoms with Crippen LogP contribution in [0.2, 0.25) is 10.0 Å². The van der Waals surface area contributed by atoms with Crippen molar-refractivity contribution in [1.29, 1.82) is 0 Å². The van der Waals surface area contributed by atoms with Crippen LogP contribution >= 0.6 is 35.6 Å². The van der Waals surface area contributed by atoms with E-state index in [0.29, 0.717) is 21.5 Å². The van der Waals surface area contributed by atoms with Gasteiger partial charge in [0.2, 0.25) is 0 Å². The summed E-state index contributed by atoms with van der Waals surface area (Å²) in [6.07, 6.45) is 3.32. The summed E-state index contributed by atoms with van der Waals surface area (Å²) in [6, 6.07) is 6.83. The number of nitrogens with zero attached hydrogens (tertiary/aromatic N) is 1. The van der Waals surface area contributed by atoms with Gasteiger partial charge in [-0.05, 0) is 12.1 Å². The van der Waals surface area contributed by atoms with Gasteiger partial charge in [0.1, 0.15) is 5.75 Å². The molecule has 0 aliphatic carbocycles. The predicted octanol–water partition coefficient (Wildman–Crippen LogP) is 4.64. The van der Waals surface area contributed by atoms with Crippen LogP contribution in [0.15, 0.2) is 36.7 Å². The van der Waals surface area contributed by atoms with E-state index in [9.17, 15) is 0 Å². The zero-order chi connectivity index (χ0) is 12.3. The summed E-state index contributed by atoms with van der Waals surface area (Å²) in [6.45, 7) is 0. The van der Waals surface area contributed by atoms with Gasteiger partial charge in [-0.1, -0.05) is 23.2 Å². The molecule has 0 saturated heterocycles. The Morgan fingerprint density at radius 1 is 1.17 bits per heavy atom. The van der Waals surface area contributed by atoms with Gasteiger partial charge >= 0.3 is 0 Å². The average molecular weight is 306 g/mol. The van der Waals surface area contributed by atoms with Crippen LogP contribution in [-0.2, 0) is 0 Å². The third-order valence-corrected chi connectivity index (χ3v) is 2.71. The molecular formula is C12H11Cl3N2O. The fraction of sp³-hybridized carbons (Fsp3) is 0.0833. The Labute approximate surface area is 121 Å². The second-order valence-electron chi connectivity index (χ2n) is 3.30. The molecule has 18 heavy (non-hydrogen) atoms. The average Bonchev–Trinajstić information content (AvgIpc) is 2.34. The van der Waals surface area contributed by atoms with Crippen molar-refractivity contribution in [2.24, 2.45) is 0 Å². The zero-order valence-electron chi connectivity index (χ0n) is 9.48. The maximum absolute atomic E-state index is 6.02. The molecule has 0 spiro atoms. The Balaban J connectivity index is 0.00000162. The van der Waals surface area contributed by atoms with Crippen LogP contribution in [0.5, 0.6) is 11.5 Å². The number of hydrogen-bond donors (Lipinski definition) is 1. The van der Waals surface area contributed by atoms with E-state index in [2.05, 4.69) is 10.3 Å². The topological polar surface area (TPSA) is 34.2 Å². The third-order valence-electron chi connectivity index (χ3n) is 2.16. The number of benzene rings is 1. The van der Waals surface area contributed by atoms with Crippen LogP contribution in [0.1, 0.15) is 0 Å². The highest BCUT2D eigenvalue weighted by molar-refractivity contribution is 6.34. The van der Waals surface area contributed by atoms with E-state index < -0.39 is 0 Å². The molecule has 0 atom stereocenters. The number of rotatable bonds is 3. The molecule has 1 aromatic carbocycles. The number of ether oxygens (including phenoxy) is 1. The van der Waals surface area contributed by atoms with Crippen molar-refractivity contribution < 1.29 is 4.74 Å². The van der Waals surface area contributed by atoms with Crippen LogP contribution < -0.4 is 10.1 Å². The second kappa shape index (κ2) is 6.69. The highest BCUT2D eigenvalue weighted by Gasteiger charge is 2.07. The Morgan fingerprint density at radius 2 is 1.94 bits per heavy atom. The van der Waals surface area contributed by atoms with Crippen molar-refractivity contribution in [1.82, 2.24) is 4.98 Å². The van der Waals surface area contributed by atoms with E-state index in [1.165, 1.54) is 0 Å². The maximum atomic E-state index is 6.02. The SMILES string of the molecule is CNc1cnccc1Oc1cc(Cl)ccc1Cl.Cl. The van der Waals surface area contributed by atoms with Crippen molar-refractivity contribution in [3.63, 3.8) is 0 Å². The summed E-state index contributed by atoms with van der Waals surface area (Å²) in [7, 11) is 1.80. The molecule has 0 radical (unpaired) electrons. The fourth-order valence-corrected chi connectivity index (χ4v) is 1.65. The monoisotopic (exact) mass is 304 g/mol. The number of hydrogen-bond acceptors (Lipinski definition) is 3. The normalized spacial score (nSPS) is 9.50. The predicted molar refractivity (Wildman–Crippen MR) is 77.6 cm³/mol. The zero-order valence-corrected chi connectivity index (χ0v) is 11.8. The van der Waals surface area contributed by atoms with Crippen molar-refractivity contribution in [3.8, 4) is 11.5 Å². The van der Waals surface area contributed by atoms with Crippen molar-refractivity contribution in [2.75, 3.05) is 12.4 Å².